The number of amides is 1. The summed E-state index contributed by atoms with van der Waals surface area (Å²) in [6, 6.07) is 7.27. The van der Waals surface area contributed by atoms with E-state index in [1.54, 1.807) is 12.1 Å². The van der Waals surface area contributed by atoms with Crippen LogP contribution in [-0.4, -0.2) is 18.6 Å². The zero-order chi connectivity index (χ0) is 16.1. The number of halogens is 1. The Morgan fingerprint density at radius 2 is 2.04 bits per heavy atom. The van der Waals surface area contributed by atoms with E-state index >= 15 is 0 Å². The van der Waals surface area contributed by atoms with Gasteiger partial charge in [0.2, 0.25) is 5.91 Å². The summed E-state index contributed by atoms with van der Waals surface area (Å²) in [7, 11) is 0. The minimum atomic E-state index is -0.140. The maximum Gasteiger partial charge on any atom is 0.250 e. The molecule has 1 saturated carbocycles. The Kier molecular flexibility index (Phi) is 7.86. The van der Waals surface area contributed by atoms with Crippen molar-refractivity contribution in [1.82, 2.24) is 0 Å². The lowest BCUT2D eigenvalue weighted by Gasteiger charge is -2.37. The number of nitrogen functional groups attached to an aromatic ring is 1. The number of nitrogens with two attached hydrogens (primary N) is 1. The second-order valence-electron chi connectivity index (χ2n) is 6.81. The highest BCUT2D eigenvalue weighted by molar-refractivity contribution is 5.94. The molecule has 1 fully saturated rings. The number of anilines is 2. The van der Waals surface area contributed by atoms with E-state index in [9.17, 15) is 4.79 Å². The third-order valence-corrected chi connectivity index (χ3v) is 4.62. The first kappa shape index (κ1) is 19.8. The van der Waals surface area contributed by atoms with Crippen LogP contribution in [0.3, 0.4) is 0 Å². The van der Waals surface area contributed by atoms with E-state index < -0.39 is 0 Å². The number of ether oxygens (including phenoxy) is 1. The molecule has 3 atom stereocenters. The van der Waals surface area contributed by atoms with Crippen LogP contribution in [0.25, 0.3) is 0 Å². The fourth-order valence-corrected chi connectivity index (χ4v) is 3.29. The van der Waals surface area contributed by atoms with Crippen molar-refractivity contribution >= 4 is 29.7 Å². The first-order chi connectivity index (χ1) is 10.5. The van der Waals surface area contributed by atoms with Crippen LogP contribution >= 0.6 is 12.4 Å². The molecule has 5 heteroatoms. The van der Waals surface area contributed by atoms with E-state index in [4.69, 9.17) is 10.5 Å². The lowest BCUT2D eigenvalue weighted by Crippen LogP contribution is -2.36. The van der Waals surface area contributed by atoms with Crippen LogP contribution in [0.4, 0.5) is 11.4 Å². The standard InChI is InChI=1S/C18H28N2O2.ClH/c1-12(2)14-9-8-13(3)10-17(14)22-11-18(21)20-16-7-5-4-6-15(16)19;/h4-7,12-14,17H,8-11,19H2,1-3H3,(H,20,21);1H. The highest BCUT2D eigenvalue weighted by atomic mass is 35.5. The smallest absolute Gasteiger partial charge is 0.250 e. The van der Waals surface area contributed by atoms with Gasteiger partial charge in [0, 0.05) is 0 Å². The molecule has 1 aliphatic carbocycles. The summed E-state index contributed by atoms with van der Waals surface area (Å²) in [5.41, 5.74) is 7.05. The largest absolute Gasteiger partial charge is 0.397 e. The van der Waals surface area contributed by atoms with Gasteiger partial charge in [0.1, 0.15) is 6.61 Å². The number of benzene rings is 1. The molecule has 0 spiro atoms. The normalized spacial score (nSPS) is 24.1. The Morgan fingerprint density at radius 3 is 2.70 bits per heavy atom. The van der Waals surface area contributed by atoms with E-state index in [2.05, 4.69) is 26.1 Å². The van der Waals surface area contributed by atoms with Crippen molar-refractivity contribution < 1.29 is 9.53 Å². The summed E-state index contributed by atoms with van der Waals surface area (Å²) in [6.45, 7) is 6.83. The zero-order valence-corrected chi connectivity index (χ0v) is 15.1. The van der Waals surface area contributed by atoms with Crippen LogP contribution in [0.15, 0.2) is 24.3 Å². The van der Waals surface area contributed by atoms with Crippen molar-refractivity contribution in [3.63, 3.8) is 0 Å². The molecule has 1 aromatic rings. The van der Waals surface area contributed by atoms with Crippen molar-refractivity contribution in [3.05, 3.63) is 24.3 Å². The molecule has 1 aliphatic rings. The minimum absolute atomic E-state index is 0. The van der Waals surface area contributed by atoms with Gasteiger partial charge < -0.3 is 15.8 Å². The number of hydrogen-bond acceptors (Lipinski definition) is 3. The maximum absolute atomic E-state index is 12.1. The van der Waals surface area contributed by atoms with Gasteiger partial charge in [-0.15, -0.1) is 12.4 Å². The third-order valence-electron chi connectivity index (χ3n) is 4.62. The molecule has 23 heavy (non-hydrogen) atoms. The summed E-state index contributed by atoms with van der Waals surface area (Å²) >= 11 is 0. The molecule has 1 amide bonds. The molecular weight excluding hydrogens is 312 g/mol. The molecule has 0 aliphatic heterocycles. The van der Waals surface area contributed by atoms with Crippen molar-refractivity contribution in [1.29, 1.82) is 0 Å². The topological polar surface area (TPSA) is 64.3 Å². The molecular formula is C18H29ClN2O2. The highest BCUT2D eigenvalue weighted by Gasteiger charge is 2.31. The zero-order valence-electron chi connectivity index (χ0n) is 14.2. The van der Waals surface area contributed by atoms with Crippen molar-refractivity contribution in [2.45, 2.75) is 46.1 Å². The molecule has 130 valence electrons. The van der Waals surface area contributed by atoms with Crippen LogP contribution in [0.1, 0.15) is 40.0 Å². The first-order valence-electron chi connectivity index (χ1n) is 8.23. The lowest BCUT2D eigenvalue weighted by atomic mass is 9.75. The summed E-state index contributed by atoms with van der Waals surface area (Å²) in [6.07, 6.45) is 3.68. The number of nitrogens with one attached hydrogen (secondary N) is 1. The molecule has 0 bridgehead atoms. The van der Waals surface area contributed by atoms with Gasteiger partial charge >= 0.3 is 0 Å². The number of para-hydroxylation sites is 2. The Morgan fingerprint density at radius 1 is 1.35 bits per heavy atom. The van der Waals surface area contributed by atoms with Crippen molar-refractivity contribution in [2.75, 3.05) is 17.7 Å². The number of rotatable bonds is 5. The molecule has 3 unspecified atom stereocenters. The van der Waals surface area contributed by atoms with Gasteiger partial charge in [-0.25, -0.2) is 0 Å². The number of carbonyl (C=O) groups excluding carboxylic acids is 1. The van der Waals surface area contributed by atoms with Gasteiger partial charge in [-0.2, -0.15) is 0 Å². The van der Waals surface area contributed by atoms with Gasteiger partial charge in [0.25, 0.3) is 0 Å². The van der Waals surface area contributed by atoms with Crippen LogP contribution < -0.4 is 11.1 Å². The maximum atomic E-state index is 12.1. The molecule has 2 rings (SSSR count). The SMILES string of the molecule is CC1CCC(C(C)C)C(OCC(=O)Nc2ccccc2N)C1.Cl. The molecule has 3 N–H and O–H groups in total. The number of hydrogen-bond donors (Lipinski definition) is 2. The average molecular weight is 341 g/mol. The van der Waals surface area contributed by atoms with Gasteiger partial charge in [0.15, 0.2) is 0 Å². The first-order valence-corrected chi connectivity index (χ1v) is 8.23. The molecule has 1 aromatic carbocycles. The van der Waals surface area contributed by atoms with E-state index in [-0.39, 0.29) is 31.0 Å². The van der Waals surface area contributed by atoms with Gasteiger partial charge in [0.05, 0.1) is 17.5 Å². The van der Waals surface area contributed by atoms with Crippen LogP contribution in [0, 0.1) is 17.8 Å². The molecule has 0 saturated heterocycles. The fourth-order valence-electron chi connectivity index (χ4n) is 3.29. The van der Waals surface area contributed by atoms with Gasteiger partial charge in [-0.1, -0.05) is 39.3 Å². The second kappa shape index (κ2) is 9.14. The second-order valence-corrected chi connectivity index (χ2v) is 6.81. The molecule has 0 aromatic heterocycles. The molecule has 0 radical (unpaired) electrons. The Bertz CT molecular complexity index is 508. The quantitative estimate of drug-likeness (QED) is 0.793. The predicted molar refractivity (Wildman–Crippen MR) is 97.8 cm³/mol. The third kappa shape index (κ3) is 5.70. The van der Waals surface area contributed by atoms with E-state index in [1.165, 1.54) is 12.8 Å². The summed E-state index contributed by atoms with van der Waals surface area (Å²) in [5.74, 6) is 1.67. The molecule has 4 nitrogen and oxygen atoms in total. The Labute approximate surface area is 145 Å². The van der Waals surface area contributed by atoms with E-state index in [0.717, 1.165) is 6.42 Å². The lowest BCUT2D eigenvalue weighted by molar-refractivity contribution is -0.126. The Hall–Kier alpha value is -1.26. The van der Waals surface area contributed by atoms with Crippen LogP contribution in [-0.2, 0) is 9.53 Å². The average Bonchev–Trinajstić information content (AvgIpc) is 2.47. The van der Waals surface area contributed by atoms with Gasteiger partial charge in [-0.05, 0) is 42.7 Å². The van der Waals surface area contributed by atoms with Crippen molar-refractivity contribution in [3.8, 4) is 0 Å². The summed E-state index contributed by atoms with van der Waals surface area (Å²) in [4.78, 5) is 12.1. The minimum Gasteiger partial charge on any atom is -0.397 e. The molecule has 0 heterocycles. The highest BCUT2D eigenvalue weighted by Crippen LogP contribution is 2.35. The monoisotopic (exact) mass is 340 g/mol. The Balaban J connectivity index is 0.00000264. The van der Waals surface area contributed by atoms with Gasteiger partial charge in [-0.3, -0.25) is 4.79 Å². The summed E-state index contributed by atoms with van der Waals surface area (Å²) in [5, 5.41) is 2.82. The van der Waals surface area contributed by atoms with E-state index in [1.807, 2.05) is 12.1 Å². The van der Waals surface area contributed by atoms with Crippen LogP contribution in [0.2, 0.25) is 0 Å². The predicted octanol–water partition coefficient (Wildman–Crippen LogP) is 4.11. The number of carbonyl (C=O) groups is 1. The van der Waals surface area contributed by atoms with E-state index in [0.29, 0.717) is 29.1 Å². The van der Waals surface area contributed by atoms with Crippen molar-refractivity contribution in [2.24, 2.45) is 17.8 Å². The summed E-state index contributed by atoms with van der Waals surface area (Å²) < 4.78 is 5.95. The fraction of sp³-hybridized carbons (Fsp3) is 0.611. The van der Waals surface area contributed by atoms with Crippen LogP contribution in [0.5, 0.6) is 0 Å².